The van der Waals surface area contributed by atoms with Crippen molar-refractivity contribution in [3.63, 3.8) is 0 Å². The molecule has 0 spiro atoms. The minimum atomic E-state index is 0.528. The van der Waals surface area contributed by atoms with Gasteiger partial charge >= 0.3 is 0 Å². The molecule has 2 unspecified atom stereocenters. The van der Waals surface area contributed by atoms with E-state index in [9.17, 15) is 0 Å². The van der Waals surface area contributed by atoms with Crippen molar-refractivity contribution >= 4 is 11.3 Å². The zero-order valence-corrected chi connectivity index (χ0v) is 12.0. The second-order valence-corrected chi connectivity index (χ2v) is 7.06. The first-order chi connectivity index (χ1) is 8.07. The Bertz CT molecular complexity index is 332. The van der Waals surface area contributed by atoms with Crippen LogP contribution >= 0.6 is 11.3 Å². The molecule has 0 radical (unpaired) electrons. The van der Waals surface area contributed by atoms with Gasteiger partial charge < -0.3 is 5.32 Å². The quantitative estimate of drug-likeness (QED) is 0.881. The molecule has 96 valence electrons. The van der Waals surface area contributed by atoms with Crippen LogP contribution in [0.3, 0.4) is 0 Å². The van der Waals surface area contributed by atoms with Gasteiger partial charge in [0.2, 0.25) is 0 Å². The number of hydrogen-bond acceptors (Lipinski definition) is 3. The van der Waals surface area contributed by atoms with Gasteiger partial charge in [-0.15, -0.1) is 11.3 Å². The van der Waals surface area contributed by atoms with Crippen molar-refractivity contribution in [3.8, 4) is 0 Å². The largest absolute Gasteiger partial charge is 0.313 e. The third kappa shape index (κ3) is 3.78. The minimum Gasteiger partial charge on any atom is -0.313 e. The molecule has 1 aliphatic rings. The van der Waals surface area contributed by atoms with E-state index in [1.54, 1.807) is 11.3 Å². The fraction of sp³-hybridized carbons (Fsp3) is 0.786. The Kier molecular flexibility index (Phi) is 4.21. The van der Waals surface area contributed by atoms with Gasteiger partial charge in [0.05, 0.1) is 5.01 Å². The molecule has 1 aliphatic carbocycles. The summed E-state index contributed by atoms with van der Waals surface area (Å²) in [4.78, 5) is 4.39. The van der Waals surface area contributed by atoms with E-state index in [0.717, 1.165) is 6.54 Å². The second kappa shape index (κ2) is 5.49. The number of nitrogens with one attached hydrogen (secondary N) is 1. The van der Waals surface area contributed by atoms with Crippen LogP contribution < -0.4 is 5.32 Å². The zero-order chi connectivity index (χ0) is 12.3. The fourth-order valence-electron chi connectivity index (χ4n) is 2.78. The molecule has 1 aromatic rings. The molecule has 0 aromatic carbocycles. The van der Waals surface area contributed by atoms with Gasteiger partial charge in [0, 0.05) is 30.1 Å². The lowest BCUT2D eigenvalue weighted by atomic mass is 9.75. The highest BCUT2D eigenvalue weighted by Crippen LogP contribution is 2.35. The number of hydrogen-bond donors (Lipinski definition) is 1. The first-order valence-electron chi connectivity index (χ1n) is 6.70. The third-order valence-electron chi connectivity index (χ3n) is 3.79. The van der Waals surface area contributed by atoms with Crippen LogP contribution in [0.4, 0.5) is 0 Å². The third-order valence-corrected chi connectivity index (χ3v) is 4.80. The van der Waals surface area contributed by atoms with Gasteiger partial charge in [0.25, 0.3) is 0 Å². The lowest BCUT2D eigenvalue weighted by Gasteiger charge is -2.36. The van der Waals surface area contributed by atoms with Crippen molar-refractivity contribution in [2.24, 2.45) is 5.41 Å². The summed E-state index contributed by atoms with van der Waals surface area (Å²) in [6, 6.07) is 0.709. The van der Waals surface area contributed by atoms with Gasteiger partial charge in [0.15, 0.2) is 0 Å². The number of thiazole rings is 1. The second-order valence-electron chi connectivity index (χ2n) is 6.14. The highest BCUT2D eigenvalue weighted by molar-refractivity contribution is 7.09. The summed E-state index contributed by atoms with van der Waals surface area (Å²) >= 11 is 1.77. The van der Waals surface area contributed by atoms with Crippen LogP contribution in [0.1, 0.15) is 57.4 Å². The van der Waals surface area contributed by atoms with Crippen LogP contribution in [-0.4, -0.2) is 17.6 Å². The molecule has 2 rings (SSSR count). The molecule has 0 saturated heterocycles. The van der Waals surface area contributed by atoms with E-state index in [-0.39, 0.29) is 0 Å². The van der Waals surface area contributed by atoms with Crippen LogP contribution in [0.5, 0.6) is 0 Å². The normalized spacial score (nSPS) is 25.7. The van der Waals surface area contributed by atoms with Crippen LogP contribution in [0.2, 0.25) is 0 Å². The Hall–Kier alpha value is -0.410. The van der Waals surface area contributed by atoms with Gasteiger partial charge in [0.1, 0.15) is 0 Å². The van der Waals surface area contributed by atoms with Crippen LogP contribution in [0.25, 0.3) is 0 Å². The maximum Gasteiger partial charge on any atom is 0.0965 e. The molecule has 17 heavy (non-hydrogen) atoms. The Morgan fingerprint density at radius 1 is 1.59 bits per heavy atom. The lowest BCUT2D eigenvalue weighted by molar-refractivity contribution is 0.197. The average Bonchev–Trinajstić information content (AvgIpc) is 2.78. The van der Waals surface area contributed by atoms with Crippen LogP contribution in [-0.2, 0) is 0 Å². The van der Waals surface area contributed by atoms with Crippen molar-refractivity contribution in [1.29, 1.82) is 0 Å². The molecular weight excluding hydrogens is 228 g/mol. The predicted octanol–water partition coefficient (Wildman–Crippen LogP) is 3.81. The van der Waals surface area contributed by atoms with Crippen molar-refractivity contribution in [2.45, 2.75) is 58.4 Å². The van der Waals surface area contributed by atoms with Gasteiger partial charge in [-0.2, -0.15) is 0 Å². The summed E-state index contributed by atoms with van der Waals surface area (Å²) in [5.41, 5.74) is 0.528. The molecular formula is C14H24N2S. The zero-order valence-electron chi connectivity index (χ0n) is 11.2. The van der Waals surface area contributed by atoms with E-state index in [4.69, 9.17) is 0 Å². The molecule has 2 nitrogen and oxygen atoms in total. The van der Waals surface area contributed by atoms with Crippen LogP contribution in [0.15, 0.2) is 11.6 Å². The molecule has 3 heteroatoms. The predicted molar refractivity (Wildman–Crippen MR) is 74.6 cm³/mol. The van der Waals surface area contributed by atoms with Gasteiger partial charge in [-0.25, -0.2) is 4.98 Å². The molecule has 2 atom stereocenters. The van der Waals surface area contributed by atoms with E-state index >= 15 is 0 Å². The molecule has 1 fully saturated rings. The Morgan fingerprint density at radius 3 is 3.06 bits per heavy atom. The summed E-state index contributed by atoms with van der Waals surface area (Å²) in [7, 11) is 0. The van der Waals surface area contributed by atoms with E-state index < -0.39 is 0 Å². The summed E-state index contributed by atoms with van der Waals surface area (Å²) in [5.74, 6) is 0.542. The molecule has 0 bridgehead atoms. The minimum absolute atomic E-state index is 0.528. The summed E-state index contributed by atoms with van der Waals surface area (Å²) < 4.78 is 0. The highest BCUT2D eigenvalue weighted by atomic mass is 32.1. The maximum atomic E-state index is 4.39. The Labute approximate surface area is 109 Å². The van der Waals surface area contributed by atoms with E-state index in [2.05, 4.69) is 36.5 Å². The van der Waals surface area contributed by atoms with Crippen molar-refractivity contribution in [3.05, 3.63) is 16.6 Å². The molecule has 1 heterocycles. The van der Waals surface area contributed by atoms with E-state index in [0.29, 0.717) is 17.4 Å². The topological polar surface area (TPSA) is 24.9 Å². The summed E-state index contributed by atoms with van der Waals surface area (Å²) in [6.07, 6.45) is 7.31. The number of rotatable bonds is 4. The molecule has 1 saturated carbocycles. The maximum absolute atomic E-state index is 4.39. The van der Waals surface area contributed by atoms with Crippen molar-refractivity contribution in [1.82, 2.24) is 10.3 Å². The Balaban J connectivity index is 1.78. The van der Waals surface area contributed by atoms with Gasteiger partial charge in [-0.3, -0.25) is 0 Å². The smallest absolute Gasteiger partial charge is 0.0965 e. The van der Waals surface area contributed by atoms with E-state index in [1.165, 1.54) is 30.7 Å². The SMILES string of the molecule is CC(CNC1CCCC(C)(C)C1)c1nccs1. The molecule has 0 aliphatic heterocycles. The standard InChI is InChI=1S/C14H24N2S/c1-11(13-15-7-8-17-13)10-16-12-5-4-6-14(2,3)9-12/h7-8,11-12,16H,4-6,9-10H2,1-3H3. The molecule has 1 aromatic heterocycles. The molecule has 1 N–H and O–H groups in total. The van der Waals surface area contributed by atoms with Crippen molar-refractivity contribution in [2.75, 3.05) is 6.54 Å². The summed E-state index contributed by atoms with van der Waals surface area (Å²) in [5, 5.41) is 7.05. The Morgan fingerprint density at radius 2 is 2.41 bits per heavy atom. The average molecular weight is 252 g/mol. The van der Waals surface area contributed by atoms with E-state index in [1.807, 2.05) is 6.20 Å². The molecule has 0 amide bonds. The van der Waals surface area contributed by atoms with Crippen LogP contribution in [0, 0.1) is 5.41 Å². The highest BCUT2D eigenvalue weighted by Gasteiger charge is 2.27. The van der Waals surface area contributed by atoms with Gasteiger partial charge in [-0.1, -0.05) is 27.2 Å². The summed E-state index contributed by atoms with van der Waals surface area (Å²) in [6.45, 7) is 8.12. The lowest BCUT2D eigenvalue weighted by Crippen LogP contribution is -2.38. The van der Waals surface area contributed by atoms with Crippen molar-refractivity contribution < 1.29 is 0 Å². The fourth-order valence-corrected chi connectivity index (χ4v) is 3.48. The first kappa shape index (κ1) is 13.0. The first-order valence-corrected chi connectivity index (χ1v) is 7.57. The monoisotopic (exact) mass is 252 g/mol. The number of aromatic nitrogens is 1. The van der Waals surface area contributed by atoms with Gasteiger partial charge in [-0.05, 0) is 24.7 Å². The number of nitrogens with zero attached hydrogens (tertiary/aromatic N) is 1.